The standard InChI is InChI=1S/C18H26N2O/c19-16(13-15-7-3-1-4-8-15)17(21)20-12-11-18(14-20)9-5-2-6-10-18/h1,3-4,7-8,16H,2,5-6,9-14,19H2. The highest BCUT2D eigenvalue weighted by atomic mass is 16.2. The molecule has 1 amide bonds. The van der Waals surface area contributed by atoms with Gasteiger partial charge in [-0.15, -0.1) is 0 Å². The molecule has 0 aromatic heterocycles. The number of nitrogens with zero attached hydrogens (tertiary/aromatic N) is 1. The van der Waals surface area contributed by atoms with Gasteiger partial charge in [0, 0.05) is 13.1 Å². The van der Waals surface area contributed by atoms with E-state index in [1.165, 1.54) is 38.5 Å². The van der Waals surface area contributed by atoms with Gasteiger partial charge in [0.05, 0.1) is 6.04 Å². The predicted molar refractivity (Wildman–Crippen MR) is 84.8 cm³/mol. The van der Waals surface area contributed by atoms with E-state index < -0.39 is 6.04 Å². The summed E-state index contributed by atoms with van der Waals surface area (Å²) in [6.45, 7) is 1.84. The normalized spacial score (nSPS) is 22.4. The lowest BCUT2D eigenvalue weighted by Gasteiger charge is -2.33. The van der Waals surface area contributed by atoms with Gasteiger partial charge < -0.3 is 10.6 Å². The molecule has 2 fully saturated rings. The molecule has 1 aromatic carbocycles. The fourth-order valence-electron chi connectivity index (χ4n) is 4.02. The van der Waals surface area contributed by atoms with Gasteiger partial charge in [-0.1, -0.05) is 49.6 Å². The Bertz CT molecular complexity index is 479. The number of likely N-dealkylation sites (tertiary alicyclic amines) is 1. The number of hydrogen-bond donors (Lipinski definition) is 1. The van der Waals surface area contributed by atoms with Crippen LogP contribution in [0, 0.1) is 5.41 Å². The van der Waals surface area contributed by atoms with Crippen molar-refractivity contribution in [2.75, 3.05) is 13.1 Å². The maximum Gasteiger partial charge on any atom is 0.239 e. The molecule has 1 aliphatic heterocycles. The van der Waals surface area contributed by atoms with Crippen LogP contribution in [0.4, 0.5) is 0 Å². The summed E-state index contributed by atoms with van der Waals surface area (Å²) >= 11 is 0. The summed E-state index contributed by atoms with van der Waals surface area (Å²) in [6, 6.07) is 9.67. The molecule has 3 heteroatoms. The smallest absolute Gasteiger partial charge is 0.239 e. The summed E-state index contributed by atoms with van der Waals surface area (Å²) in [5.74, 6) is 0.140. The Morgan fingerprint density at radius 3 is 2.57 bits per heavy atom. The third kappa shape index (κ3) is 3.29. The van der Waals surface area contributed by atoms with Gasteiger partial charge in [-0.25, -0.2) is 0 Å². The van der Waals surface area contributed by atoms with Crippen LogP contribution in [0.25, 0.3) is 0 Å². The molecule has 1 heterocycles. The van der Waals surface area contributed by atoms with E-state index in [-0.39, 0.29) is 5.91 Å². The Morgan fingerprint density at radius 2 is 1.86 bits per heavy atom. The number of hydrogen-bond acceptors (Lipinski definition) is 2. The van der Waals surface area contributed by atoms with E-state index in [2.05, 4.69) is 0 Å². The van der Waals surface area contributed by atoms with Gasteiger partial charge in [-0.05, 0) is 36.7 Å². The van der Waals surface area contributed by atoms with Crippen molar-refractivity contribution >= 4 is 5.91 Å². The molecule has 1 saturated heterocycles. The lowest BCUT2D eigenvalue weighted by atomic mass is 9.73. The van der Waals surface area contributed by atoms with E-state index in [0.717, 1.165) is 18.7 Å². The second-order valence-electron chi connectivity index (χ2n) is 6.87. The summed E-state index contributed by atoms with van der Waals surface area (Å²) in [5, 5.41) is 0. The summed E-state index contributed by atoms with van der Waals surface area (Å²) in [7, 11) is 0. The number of carbonyl (C=O) groups excluding carboxylic acids is 1. The maximum atomic E-state index is 12.6. The Hall–Kier alpha value is -1.35. The molecule has 0 bridgehead atoms. The maximum absolute atomic E-state index is 12.6. The van der Waals surface area contributed by atoms with Crippen LogP contribution in [0.3, 0.4) is 0 Å². The molecule has 21 heavy (non-hydrogen) atoms. The minimum atomic E-state index is -0.397. The first-order chi connectivity index (χ1) is 10.2. The van der Waals surface area contributed by atoms with Crippen LogP contribution < -0.4 is 5.73 Å². The summed E-state index contributed by atoms with van der Waals surface area (Å²) < 4.78 is 0. The average Bonchev–Trinajstić information content (AvgIpc) is 2.92. The summed E-state index contributed by atoms with van der Waals surface area (Å²) in [6.07, 6.45) is 8.44. The van der Waals surface area contributed by atoms with E-state index >= 15 is 0 Å². The first kappa shape index (κ1) is 14.6. The summed E-state index contributed by atoms with van der Waals surface area (Å²) in [4.78, 5) is 14.6. The van der Waals surface area contributed by atoms with Crippen molar-refractivity contribution in [3.05, 3.63) is 35.9 Å². The molecule has 1 saturated carbocycles. The third-order valence-electron chi connectivity index (χ3n) is 5.28. The van der Waals surface area contributed by atoms with Gasteiger partial charge in [0.25, 0.3) is 0 Å². The second-order valence-corrected chi connectivity index (χ2v) is 6.87. The van der Waals surface area contributed by atoms with Crippen molar-refractivity contribution in [3.8, 4) is 0 Å². The number of benzene rings is 1. The zero-order chi connectivity index (χ0) is 14.7. The van der Waals surface area contributed by atoms with Crippen molar-refractivity contribution in [1.29, 1.82) is 0 Å². The summed E-state index contributed by atoms with van der Waals surface area (Å²) in [5.41, 5.74) is 7.72. The van der Waals surface area contributed by atoms with Crippen LogP contribution in [0.2, 0.25) is 0 Å². The van der Waals surface area contributed by atoms with Crippen LogP contribution in [0.5, 0.6) is 0 Å². The Balaban J connectivity index is 1.58. The topological polar surface area (TPSA) is 46.3 Å². The van der Waals surface area contributed by atoms with Gasteiger partial charge in [-0.2, -0.15) is 0 Å². The minimum absolute atomic E-state index is 0.140. The second kappa shape index (κ2) is 6.18. The number of nitrogens with two attached hydrogens (primary N) is 1. The van der Waals surface area contributed by atoms with Crippen molar-refractivity contribution in [2.24, 2.45) is 11.1 Å². The quantitative estimate of drug-likeness (QED) is 0.928. The third-order valence-corrected chi connectivity index (χ3v) is 5.28. The number of rotatable bonds is 3. The van der Waals surface area contributed by atoms with E-state index in [1.807, 2.05) is 35.2 Å². The molecule has 2 N–H and O–H groups in total. The Morgan fingerprint density at radius 1 is 1.14 bits per heavy atom. The minimum Gasteiger partial charge on any atom is -0.341 e. The van der Waals surface area contributed by atoms with E-state index in [4.69, 9.17) is 5.73 Å². The largest absolute Gasteiger partial charge is 0.341 e. The molecular formula is C18H26N2O. The highest BCUT2D eigenvalue weighted by Crippen LogP contribution is 2.43. The monoisotopic (exact) mass is 286 g/mol. The lowest BCUT2D eigenvalue weighted by molar-refractivity contribution is -0.132. The number of carbonyl (C=O) groups is 1. The molecular weight excluding hydrogens is 260 g/mol. The first-order valence-corrected chi connectivity index (χ1v) is 8.27. The van der Waals surface area contributed by atoms with Crippen LogP contribution >= 0.6 is 0 Å². The molecule has 1 atom stereocenters. The van der Waals surface area contributed by atoms with E-state index in [9.17, 15) is 4.79 Å². The predicted octanol–water partition coefficient (Wildman–Crippen LogP) is 2.74. The molecule has 3 rings (SSSR count). The van der Waals surface area contributed by atoms with Crippen molar-refractivity contribution in [3.63, 3.8) is 0 Å². The molecule has 1 aliphatic carbocycles. The lowest BCUT2D eigenvalue weighted by Crippen LogP contribution is -2.44. The van der Waals surface area contributed by atoms with Crippen molar-refractivity contribution < 1.29 is 4.79 Å². The Labute approximate surface area is 127 Å². The van der Waals surface area contributed by atoms with Crippen LogP contribution in [-0.4, -0.2) is 29.9 Å². The van der Waals surface area contributed by atoms with Gasteiger partial charge in [0.1, 0.15) is 0 Å². The van der Waals surface area contributed by atoms with E-state index in [1.54, 1.807) is 0 Å². The van der Waals surface area contributed by atoms with E-state index in [0.29, 0.717) is 11.8 Å². The molecule has 114 valence electrons. The molecule has 1 spiro atoms. The van der Waals surface area contributed by atoms with Gasteiger partial charge in [0.2, 0.25) is 5.91 Å². The molecule has 2 aliphatic rings. The van der Waals surface area contributed by atoms with Crippen molar-refractivity contribution in [1.82, 2.24) is 4.90 Å². The van der Waals surface area contributed by atoms with Gasteiger partial charge in [0.15, 0.2) is 0 Å². The Kier molecular flexibility index (Phi) is 4.29. The average molecular weight is 286 g/mol. The molecule has 1 unspecified atom stereocenters. The fraction of sp³-hybridized carbons (Fsp3) is 0.611. The molecule has 3 nitrogen and oxygen atoms in total. The SMILES string of the molecule is NC(Cc1ccccc1)C(=O)N1CCC2(CCCCC2)C1. The fourth-order valence-corrected chi connectivity index (χ4v) is 4.02. The zero-order valence-corrected chi connectivity index (χ0v) is 12.8. The zero-order valence-electron chi connectivity index (χ0n) is 12.8. The van der Waals surface area contributed by atoms with Crippen molar-refractivity contribution in [2.45, 2.75) is 51.0 Å². The molecule has 0 radical (unpaired) electrons. The van der Waals surface area contributed by atoms with Crippen LogP contribution in [0.15, 0.2) is 30.3 Å². The highest BCUT2D eigenvalue weighted by Gasteiger charge is 2.41. The highest BCUT2D eigenvalue weighted by molar-refractivity contribution is 5.82. The number of amides is 1. The molecule has 1 aromatic rings. The first-order valence-electron chi connectivity index (χ1n) is 8.27. The van der Waals surface area contributed by atoms with Gasteiger partial charge >= 0.3 is 0 Å². The van der Waals surface area contributed by atoms with Crippen LogP contribution in [0.1, 0.15) is 44.1 Å². The van der Waals surface area contributed by atoms with Gasteiger partial charge in [-0.3, -0.25) is 4.79 Å². The van der Waals surface area contributed by atoms with Crippen LogP contribution in [-0.2, 0) is 11.2 Å².